The molecule has 0 aliphatic carbocycles. The molecule has 10 heteroatoms. The number of aromatic nitrogens is 1. The van der Waals surface area contributed by atoms with Crippen molar-refractivity contribution in [1.29, 1.82) is 0 Å². The van der Waals surface area contributed by atoms with E-state index in [2.05, 4.69) is 4.74 Å². The van der Waals surface area contributed by atoms with Gasteiger partial charge in [0.15, 0.2) is 0 Å². The molecule has 1 aromatic carbocycles. The molecule has 0 N–H and O–H groups in total. The number of benzene rings is 1. The number of hydrogen-bond donors (Lipinski definition) is 0. The maximum atomic E-state index is 13.0. The van der Waals surface area contributed by atoms with Crippen molar-refractivity contribution >= 4 is 17.6 Å². The molecule has 0 radical (unpaired) electrons. The van der Waals surface area contributed by atoms with Gasteiger partial charge in [-0.1, -0.05) is 11.6 Å². The highest BCUT2D eigenvalue weighted by Crippen LogP contribution is 2.38. The monoisotopic (exact) mass is 473 g/mol. The number of pyridine rings is 1. The molecule has 0 bridgehead atoms. The van der Waals surface area contributed by atoms with Crippen LogP contribution in [0.5, 0.6) is 11.5 Å². The maximum Gasteiger partial charge on any atom is 0.387 e. The Morgan fingerprint density at radius 3 is 2.34 bits per heavy atom. The molecule has 1 unspecified atom stereocenters. The van der Waals surface area contributed by atoms with Crippen molar-refractivity contribution in [1.82, 2.24) is 4.57 Å². The van der Waals surface area contributed by atoms with Crippen LogP contribution in [0.3, 0.4) is 0 Å². The second-order valence-electron chi connectivity index (χ2n) is 7.85. The van der Waals surface area contributed by atoms with E-state index in [1.165, 1.54) is 49.2 Å². The van der Waals surface area contributed by atoms with E-state index in [0.717, 1.165) is 0 Å². The summed E-state index contributed by atoms with van der Waals surface area (Å²) in [6, 6.07) is 4.24. The molecule has 32 heavy (non-hydrogen) atoms. The first kappa shape index (κ1) is 25.6. The van der Waals surface area contributed by atoms with E-state index in [0.29, 0.717) is 0 Å². The fraction of sp³-hybridized carbons (Fsp3) is 0.455. The maximum absolute atomic E-state index is 13.0. The summed E-state index contributed by atoms with van der Waals surface area (Å²) >= 11 is 6.04. The number of alkyl halides is 2. The van der Waals surface area contributed by atoms with Gasteiger partial charge in [0, 0.05) is 42.4 Å². The molecule has 1 aromatic heterocycles. The predicted molar refractivity (Wildman–Crippen MR) is 116 cm³/mol. The first-order valence-electron chi connectivity index (χ1n) is 9.73. The number of methoxy groups -OCH3 is 2. The van der Waals surface area contributed by atoms with E-state index in [1.807, 2.05) is 0 Å². The summed E-state index contributed by atoms with van der Waals surface area (Å²) in [5, 5.41) is 0.250. The lowest BCUT2D eigenvalue weighted by atomic mass is 10.0. The van der Waals surface area contributed by atoms with Gasteiger partial charge in [-0.25, -0.2) is 4.79 Å². The lowest BCUT2D eigenvalue weighted by molar-refractivity contribution is -0.159. The highest BCUT2D eigenvalue weighted by Gasteiger charge is 2.28. The fourth-order valence-corrected chi connectivity index (χ4v) is 3.20. The summed E-state index contributed by atoms with van der Waals surface area (Å²) in [4.78, 5) is 25.8. The van der Waals surface area contributed by atoms with Crippen LogP contribution in [0, 0.1) is 0 Å². The summed E-state index contributed by atoms with van der Waals surface area (Å²) in [7, 11) is 2.83. The molecule has 1 heterocycles. The first-order chi connectivity index (χ1) is 15.0. The normalized spacial score (nSPS) is 12.5. The van der Waals surface area contributed by atoms with E-state index in [-0.39, 0.29) is 40.7 Å². The molecular weight excluding hydrogens is 448 g/mol. The molecule has 2 aromatic rings. The van der Waals surface area contributed by atoms with Crippen LogP contribution in [0.2, 0.25) is 5.02 Å². The third kappa shape index (κ3) is 6.67. The van der Waals surface area contributed by atoms with E-state index >= 15 is 0 Å². The first-order valence-corrected chi connectivity index (χ1v) is 10.1. The van der Waals surface area contributed by atoms with Crippen LogP contribution in [0.1, 0.15) is 33.2 Å². The number of rotatable bonds is 9. The van der Waals surface area contributed by atoms with Crippen LogP contribution in [0.15, 0.2) is 35.3 Å². The summed E-state index contributed by atoms with van der Waals surface area (Å²) < 4.78 is 47.4. The summed E-state index contributed by atoms with van der Waals surface area (Å²) in [5.74, 6) is -0.643. The van der Waals surface area contributed by atoms with Gasteiger partial charge in [0.25, 0.3) is 5.56 Å². The Morgan fingerprint density at radius 2 is 1.78 bits per heavy atom. The Labute approximate surface area is 189 Å². The minimum Gasteiger partial charge on any atom is -0.495 e. The van der Waals surface area contributed by atoms with Gasteiger partial charge in [0.2, 0.25) is 0 Å². The SMILES string of the molecule is COCCC(C(=O)OC(C)(C)C)n1cc(OC)c(-c2cc(Cl)ccc2OC(F)F)cc1=O. The van der Waals surface area contributed by atoms with Gasteiger partial charge < -0.3 is 18.9 Å². The Balaban J connectivity index is 2.62. The minimum atomic E-state index is -3.08. The number of nitrogens with zero attached hydrogens (tertiary/aromatic N) is 1. The Morgan fingerprint density at radius 1 is 1.12 bits per heavy atom. The highest BCUT2D eigenvalue weighted by atomic mass is 35.5. The topological polar surface area (TPSA) is 76.0 Å². The van der Waals surface area contributed by atoms with E-state index in [1.54, 1.807) is 20.8 Å². The highest BCUT2D eigenvalue weighted by molar-refractivity contribution is 6.31. The van der Waals surface area contributed by atoms with Crippen LogP contribution in [0.25, 0.3) is 11.1 Å². The largest absolute Gasteiger partial charge is 0.495 e. The van der Waals surface area contributed by atoms with Crippen molar-refractivity contribution in [3.63, 3.8) is 0 Å². The van der Waals surface area contributed by atoms with Crippen LogP contribution in [-0.2, 0) is 14.3 Å². The number of halogens is 3. The molecule has 0 spiro atoms. The fourth-order valence-electron chi connectivity index (χ4n) is 3.03. The molecule has 0 fully saturated rings. The smallest absolute Gasteiger partial charge is 0.387 e. The lowest BCUT2D eigenvalue weighted by Gasteiger charge is -2.25. The third-order valence-corrected chi connectivity index (χ3v) is 4.56. The molecule has 0 aliphatic heterocycles. The van der Waals surface area contributed by atoms with Crippen LogP contribution < -0.4 is 15.0 Å². The standard InChI is InChI=1S/C22H26ClF2NO6/c1-22(2,3)32-20(28)16(8-9-29-4)26-12-18(30-5)15(11-19(26)27)14-10-13(23)6-7-17(14)31-21(24)25/h6-7,10-12,16,21H,8-9H2,1-5H3. The van der Waals surface area contributed by atoms with Gasteiger partial charge in [-0.2, -0.15) is 8.78 Å². The Kier molecular flexibility index (Phi) is 8.63. The number of carbonyl (C=O) groups excluding carboxylic acids is 1. The van der Waals surface area contributed by atoms with Crippen LogP contribution in [-0.4, -0.2) is 43.6 Å². The second-order valence-corrected chi connectivity index (χ2v) is 8.29. The Hall–Kier alpha value is -2.65. The van der Waals surface area contributed by atoms with Crippen molar-refractivity contribution in [3.05, 3.63) is 45.8 Å². The van der Waals surface area contributed by atoms with E-state index in [9.17, 15) is 18.4 Å². The van der Waals surface area contributed by atoms with Gasteiger partial charge >= 0.3 is 12.6 Å². The number of carbonyl (C=O) groups is 1. The Bertz CT molecular complexity index is 1000. The van der Waals surface area contributed by atoms with Crippen molar-refractivity contribution in [3.8, 4) is 22.6 Å². The predicted octanol–water partition coefficient (Wildman–Crippen LogP) is 4.70. The molecule has 0 amide bonds. The summed E-state index contributed by atoms with van der Waals surface area (Å²) in [6.07, 6.45) is 1.50. The molecule has 2 rings (SSSR count). The lowest BCUT2D eigenvalue weighted by Crippen LogP contribution is -2.35. The van der Waals surface area contributed by atoms with Crippen LogP contribution in [0.4, 0.5) is 8.78 Å². The van der Waals surface area contributed by atoms with Crippen molar-refractivity contribution < 1.29 is 32.5 Å². The average Bonchev–Trinajstić information content (AvgIpc) is 2.68. The third-order valence-electron chi connectivity index (χ3n) is 4.32. The van der Waals surface area contributed by atoms with Gasteiger partial charge in [0.1, 0.15) is 23.1 Å². The number of ether oxygens (including phenoxy) is 4. The number of esters is 1. The molecule has 1 atom stereocenters. The number of hydrogen-bond acceptors (Lipinski definition) is 6. The molecule has 7 nitrogen and oxygen atoms in total. The molecule has 0 aliphatic rings. The molecular formula is C22H26ClF2NO6. The quantitative estimate of drug-likeness (QED) is 0.491. The second kappa shape index (κ2) is 10.8. The van der Waals surface area contributed by atoms with Gasteiger partial charge in [-0.05, 0) is 39.0 Å². The summed E-state index contributed by atoms with van der Waals surface area (Å²) in [5.41, 5.74) is -1.01. The molecule has 0 saturated carbocycles. The zero-order chi connectivity index (χ0) is 24.1. The van der Waals surface area contributed by atoms with Crippen molar-refractivity contribution in [2.24, 2.45) is 0 Å². The minimum absolute atomic E-state index is 0.143. The summed E-state index contributed by atoms with van der Waals surface area (Å²) in [6.45, 7) is 2.27. The van der Waals surface area contributed by atoms with Crippen LogP contribution >= 0.6 is 11.6 Å². The molecule has 176 valence electrons. The van der Waals surface area contributed by atoms with Gasteiger partial charge in [-0.15, -0.1) is 0 Å². The van der Waals surface area contributed by atoms with E-state index in [4.69, 9.17) is 25.8 Å². The zero-order valence-corrected chi connectivity index (χ0v) is 19.2. The van der Waals surface area contributed by atoms with E-state index < -0.39 is 29.8 Å². The van der Waals surface area contributed by atoms with Gasteiger partial charge in [0.05, 0.1) is 13.3 Å². The zero-order valence-electron chi connectivity index (χ0n) is 18.5. The molecule has 0 saturated heterocycles. The van der Waals surface area contributed by atoms with Crippen molar-refractivity contribution in [2.45, 2.75) is 45.4 Å². The van der Waals surface area contributed by atoms with Gasteiger partial charge in [-0.3, -0.25) is 9.36 Å². The van der Waals surface area contributed by atoms with Crippen molar-refractivity contribution in [2.75, 3.05) is 20.8 Å². The average molecular weight is 474 g/mol.